The summed E-state index contributed by atoms with van der Waals surface area (Å²) in [7, 11) is 0. The first-order chi connectivity index (χ1) is 7.79. The van der Waals surface area contributed by atoms with Crippen LogP contribution in [-0.2, 0) is 9.53 Å². The van der Waals surface area contributed by atoms with Gasteiger partial charge in [0.05, 0.1) is 19.3 Å². The number of Topliss-reactive ketones (excluding diaryl/α,β-unsaturated/α-hetero) is 1. The molecule has 16 heavy (non-hydrogen) atoms. The number of ether oxygens (including phenoxy) is 1. The Labute approximate surface area is 96.6 Å². The first-order valence-electron chi connectivity index (χ1n) is 6.27. The lowest BCUT2D eigenvalue weighted by atomic mass is 9.87. The summed E-state index contributed by atoms with van der Waals surface area (Å²) in [6.45, 7) is 3.26. The maximum atomic E-state index is 11.7. The Hall–Kier alpha value is -0.450. The second kappa shape index (κ2) is 5.75. The highest BCUT2D eigenvalue weighted by Crippen LogP contribution is 2.22. The van der Waals surface area contributed by atoms with E-state index in [4.69, 9.17) is 9.84 Å². The van der Waals surface area contributed by atoms with Crippen molar-refractivity contribution in [3.8, 4) is 0 Å². The molecule has 1 saturated heterocycles. The molecule has 92 valence electrons. The topological polar surface area (TPSA) is 49.8 Å². The fraction of sp³-hybridized carbons (Fsp3) is 0.917. The average molecular weight is 227 g/mol. The van der Waals surface area contributed by atoms with Gasteiger partial charge in [0, 0.05) is 32.0 Å². The van der Waals surface area contributed by atoms with Crippen LogP contribution in [0.2, 0.25) is 0 Å². The van der Waals surface area contributed by atoms with Crippen molar-refractivity contribution in [2.75, 3.05) is 32.8 Å². The van der Waals surface area contributed by atoms with Crippen LogP contribution in [0.15, 0.2) is 0 Å². The molecule has 1 aliphatic carbocycles. The van der Waals surface area contributed by atoms with Crippen molar-refractivity contribution in [1.29, 1.82) is 0 Å². The van der Waals surface area contributed by atoms with Crippen LogP contribution in [-0.4, -0.2) is 54.7 Å². The summed E-state index contributed by atoms with van der Waals surface area (Å²) < 4.78 is 5.40. The van der Waals surface area contributed by atoms with E-state index in [-0.39, 0.29) is 18.6 Å². The number of hydrogen-bond donors (Lipinski definition) is 1. The zero-order chi connectivity index (χ0) is 11.4. The van der Waals surface area contributed by atoms with Crippen molar-refractivity contribution in [2.24, 2.45) is 5.92 Å². The third-order valence-corrected chi connectivity index (χ3v) is 3.59. The second-order valence-electron chi connectivity index (χ2n) is 4.84. The molecule has 0 bridgehead atoms. The molecule has 4 heteroatoms. The van der Waals surface area contributed by atoms with Crippen molar-refractivity contribution < 1.29 is 14.6 Å². The molecule has 4 nitrogen and oxygen atoms in total. The lowest BCUT2D eigenvalue weighted by Crippen LogP contribution is -2.47. The minimum Gasteiger partial charge on any atom is -0.394 e. The summed E-state index contributed by atoms with van der Waals surface area (Å²) in [6, 6.07) is 0. The van der Waals surface area contributed by atoms with Crippen LogP contribution in [0.3, 0.4) is 0 Å². The van der Waals surface area contributed by atoms with Crippen molar-refractivity contribution in [2.45, 2.75) is 31.8 Å². The van der Waals surface area contributed by atoms with E-state index >= 15 is 0 Å². The number of ketones is 1. The molecular formula is C12H21NO3. The molecule has 0 aromatic carbocycles. The van der Waals surface area contributed by atoms with Crippen LogP contribution >= 0.6 is 0 Å². The van der Waals surface area contributed by atoms with Crippen LogP contribution in [0.1, 0.15) is 25.7 Å². The third kappa shape index (κ3) is 3.03. The Kier molecular flexibility index (Phi) is 4.32. The molecule has 0 amide bonds. The minimum absolute atomic E-state index is 0.0626. The van der Waals surface area contributed by atoms with Crippen molar-refractivity contribution in [1.82, 2.24) is 4.90 Å². The minimum atomic E-state index is -0.0626. The number of carbonyl (C=O) groups is 1. The monoisotopic (exact) mass is 227 g/mol. The van der Waals surface area contributed by atoms with Crippen molar-refractivity contribution >= 4 is 5.78 Å². The van der Waals surface area contributed by atoms with Crippen LogP contribution < -0.4 is 0 Å². The molecule has 1 N–H and O–H groups in total. The summed E-state index contributed by atoms with van der Waals surface area (Å²) in [5, 5.41) is 9.05. The second-order valence-corrected chi connectivity index (χ2v) is 4.84. The first-order valence-corrected chi connectivity index (χ1v) is 6.27. The Morgan fingerprint density at radius 1 is 1.44 bits per heavy atom. The molecule has 0 aromatic heterocycles. The quantitative estimate of drug-likeness (QED) is 0.760. The maximum absolute atomic E-state index is 11.7. The summed E-state index contributed by atoms with van der Waals surface area (Å²) in [5.41, 5.74) is 0. The van der Waals surface area contributed by atoms with Gasteiger partial charge in [0.1, 0.15) is 5.78 Å². The van der Waals surface area contributed by atoms with Gasteiger partial charge in [0.15, 0.2) is 0 Å². The van der Waals surface area contributed by atoms with Crippen molar-refractivity contribution in [3.63, 3.8) is 0 Å². The highest BCUT2D eigenvalue weighted by Gasteiger charge is 2.27. The molecule has 2 rings (SSSR count). The highest BCUT2D eigenvalue weighted by atomic mass is 16.5. The van der Waals surface area contributed by atoms with Crippen LogP contribution in [0.4, 0.5) is 0 Å². The number of nitrogens with zero attached hydrogens (tertiary/aromatic N) is 1. The van der Waals surface area contributed by atoms with E-state index in [0.29, 0.717) is 12.4 Å². The zero-order valence-electron chi connectivity index (χ0n) is 9.73. The molecule has 1 aliphatic heterocycles. The Bertz CT molecular complexity index is 244. The van der Waals surface area contributed by atoms with Crippen molar-refractivity contribution in [3.05, 3.63) is 0 Å². The van der Waals surface area contributed by atoms with Gasteiger partial charge in [0.2, 0.25) is 0 Å². The van der Waals surface area contributed by atoms with Gasteiger partial charge in [-0.25, -0.2) is 0 Å². The van der Waals surface area contributed by atoms with E-state index in [2.05, 4.69) is 4.90 Å². The van der Waals surface area contributed by atoms with E-state index in [1.54, 1.807) is 0 Å². The van der Waals surface area contributed by atoms with Gasteiger partial charge in [0.25, 0.3) is 0 Å². The zero-order valence-corrected chi connectivity index (χ0v) is 9.73. The van der Waals surface area contributed by atoms with E-state index in [0.717, 1.165) is 38.9 Å². The van der Waals surface area contributed by atoms with Gasteiger partial charge in [-0.05, 0) is 12.8 Å². The van der Waals surface area contributed by atoms with Gasteiger partial charge in [-0.1, -0.05) is 6.42 Å². The summed E-state index contributed by atoms with van der Waals surface area (Å²) >= 11 is 0. The SMILES string of the molecule is O=C1CCCCC1CN1CCOC(CO)C1. The molecule has 0 aromatic rings. The van der Waals surface area contributed by atoms with Gasteiger partial charge in [-0.2, -0.15) is 0 Å². The van der Waals surface area contributed by atoms with Gasteiger partial charge in [-0.15, -0.1) is 0 Å². The Morgan fingerprint density at radius 3 is 3.06 bits per heavy atom. The molecule has 2 aliphatic rings. The summed E-state index contributed by atoms with van der Waals surface area (Å²) in [5.74, 6) is 0.657. The van der Waals surface area contributed by atoms with Gasteiger partial charge < -0.3 is 9.84 Å². The van der Waals surface area contributed by atoms with Crippen LogP contribution in [0.5, 0.6) is 0 Å². The predicted molar refractivity (Wildman–Crippen MR) is 60.2 cm³/mol. The molecule has 0 spiro atoms. The standard InChI is InChI=1S/C12H21NO3/c14-9-11-8-13(5-6-16-11)7-10-3-1-2-4-12(10)15/h10-11,14H,1-9H2. The fourth-order valence-corrected chi connectivity index (χ4v) is 2.62. The third-order valence-electron chi connectivity index (χ3n) is 3.59. The molecule has 0 radical (unpaired) electrons. The normalized spacial score (nSPS) is 32.9. The average Bonchev–Trinajstić information content (AvgIpc) is 2.32. The number of aliphatic hydroxyl groups excluding tert-OH is 1. The lowest BCUT2D eigenvalue weighted by Gasteiger charge is -2.34. The maximum Gasteiger partial charge on any atom is 0.137 e. The highest BCUT2D eigenvalue weighted by molar-refractivity contribution is 5.81. The molecule has 1 heterocycles. The molecular weight excluding hydrogens is 206 g/mol. The number of hydrogen-bond acceptors (Lipinski definition) is 4. The smallest absolute Gasteiger partial charge is 0.137 e. The molecule has 2 unspecified atom stereocenters. The molecule has 2 fully saturated rings. The van der Waals surface area contributed by atoms with E-state index in [9.17, 15) is 4.79 Å². The predicted octanol–water partition coefficient (Wildman–Crippen LogP) is 0.439. The number of morpholine rings is 1. The number of aliphatic hydroxyl groups is 1. The Balaban J connectivity index is 1.81. The van der Waals surface area contributed by atoms with E-state index in [1.165, 1.54) is 6.42 Å². The number of carbonyl (C=O) groups excluding carboxylic acids is 1. The molecule has 1 saturated carbocycles. The molecule has 2 atom stereocenters. The van der Waals surface area contributed by atoms with Crippen LogP contribution in [0.25, 0.3) is 0 Å². The lowest BCUT2D eigenvalue weighted by molar-refractivity contribution is -0.126. The van der Waals surface area contributed by atoms with Gasteiger partial charge in [-0.3, -0.25) is 9.69 Å². The Morgan fingerprint density at radius 2 is 2.31 bits per heavy atom. The van der Waals surface area contributed by atoms with Crippen LogP contribution in [0, 0.1) is 5.92 Å². The largest absolute Gasteiger partial charge is 0.394 e. The summed E-state index contributed by atoms with van der Waals surface area (Å²) in [6.07, 6.45) is 3.99. The van der Waals surface area contributed by atoms with E-state index in [1.807, 2.05) is 0 Å². The first kappa shape index (κ1) is 12.0. The van der Waals surface area contributed by atoms with Gasteiger partial charge >= 0.3 is 0 Å². The fourth-order valence-electron chi connectivity index (χ4n) is 2.62. The summed E-state index contributed by atoms with van der Waals surface area (Å²) in [4.78, 5) is 14.0. The number of rotatable bonds is 3. The van der Waals surface area contributed by atoms with E-state index < -0.39 is 0 Å².